The minimum absolute atomic E-state index is 0.0239. The summed E-state index contributed by atoms with van der Waals surface area (Å²) in [6.07, 6.45) is 0. The number of amides is 1. The normalized spacial score (nSPS) is 11.6. The molecule has 0 saturated carbocycles. The van der Waals surface area contributed by atoms with Gasteiger partial charge in [-0.3, -0.25) is 9.10 Å². The molecule has 0 aliphatic rings. The van der Waals surface area contributed by atoms with E-state index in [4.69, 9.17) is 4.42 Å². The molecule has 170 valence electrons. The molecule has 1 aromatic heterocycles. The van der Waals surface area contributed by atoms with Crippen LogP contribution in [0.4, 0.5) is 15.8 Å². The number of hydrogen-bond donors (Lipinski definition) is 1. The van der Waals surface area contributed by atoms with Crippen LogP contribution in [0.25, 0.3) is 21.9 Å². The van der Waals surface area contributed by atoms with Crippen LogP contribution in [0.2, 0.25) is 0 Å². The summed E-state index contributed by atoms with van der Waals surface area (Å²) in [6.45, 7) is -0.499. The van der Waals surface area contributed by atoms with Gasteiger partial charge >= 0.3 is 0 Å². The summed E-state index contributed by atoms with van der Waals surface area (Å²) >= 11 is 0. The van der Waals surface area contributed by atoms with Gasteiger partial charge in [-0.2, -0.15) is 0 Å². The zero-order chi connectivity index (χ0) is 23.7. The third-order valence-electron chi connectivity index (χ3n) is 5.40. The van der Waals surface area contributed by atoms with Gasteiger partial charge in [0.05, 0.1) is 10.6 Å². The maximum absolute atomic E-state index is 13.5. The number of benzene rings is 4. The number of carbonyl (C=O) groups is 1. The number of rotatable bonds is 6. The SMILES string of the molecule is O=C(CN(c1ccc(F)cc1)S(=O)(=O)c1ccccc1)Nc1ccc2c(c1)oc1ccccc12. The van der Waals surface area contributed by atoms with Gasteiger partial charge in [-0.25, -0.2) is 12.8 Å². The van der Waals surface area contributed by atoms with E-state index in [1.165, 1.54) is 24.3 Å². The molecule has 0 spiro atoms. The summed E-state index contributed by atoms with van der Waals surface area (Å²) in [5, 5.41) is 4.61. The van der Waals surface area contributed by atoms with E-state index in [2.05, 4.69) is 5.32 Å². The summed E-state index contributed by atoms with van der Waals surface area (Å²) < 4.78 is 46.9. The summed E-state index contributed by atoms with van der Waals surface area (Å²) in [4.78, 5) is 13.0. The molecule has 1 amide bonds. The van der Waals surface area contributed by atoms with Crippen LogP contribution in [-0.2, 0) is 14.8 Å². The maximum atomic E-state index is 13.5. The molecule has 0 aliphatic carbocycles. The van der Waals surface area contributed by atoms with Crippen molar-refractivity contribution in [1.82, 2.24) is 0 Å². The van der Waals surface area contributed by atoms with Gasteiger partial charge < -0.3 is 9.73 Å². The molecule has 1 N–H and O–H groups in total. The van der Waals surface area contributed by atoms with Crippen LogP contribution in [0, 0.1) is 5.82 Å². The predicted molar refractivity (Wildman–Crippen MR) is 130 cm³/mol. The second-order valence-corrected chi connectivity index (χ2v) is 9.52. The van der Waals surface area contributed by atoms with E-state index in [0.29, 0.717) is 11.3 Å². The van der Waals surface area contributed by atoms with Crippen molar-refractivity contribution in [2.75, 3.05) is 16.2 Å². The number of nitrogens with zero attached hydrogens (tertiary/aromatic N) is 1. The number of para-hydroxylation sites is 1. The fourth-order valence-corrected chi connectivity index (χ4v) is 5.22. The van der Waals surface area contributed by atoms with Crippen LogP contribution in [0.15, 0.2) is 106 Å². The standard InChI is InChI=1S/C26H19FN2O4S/c27-18-10-13-20(14-11-18)29(34(31,32)21-6-2-1-3-7-21)17-26(30)28-19-12-15-23-22-8-4-5-9-24(22)33-25(23)16-19/h1-16H,17H2,(H,28,30). The number of furan rings is 1. The number of nitrogens with one attached hydrogen (secondary N) is 1. The Hall–Kier alpha value is -4.17. The van der Waals surface area contributed by atoms with Crippen LogP contribution in [0.1, 0.15) is 0 Å². The second-order valence-electron chi connectivity index (χ2n) is 7.66. The molecule has 0 aliphatic heterocycles. The topological polar surface area (TPSA) is 79.6 Å². The summed E-state index contributed by atoms with van der Waals surface area (Å²) in [5.41, 5.74) is 1.98. The average Bonchev–Trinajstić information content (AvgIpc) is 3.21. The predicted octanol–water partition coefficient (Wildman–Crippen LogP) is 5.56. The molecule has 0 unspecified atom stereocenters. The number of hydrogen-bond acceptors (Lipinski definition) is 4. The van der Waals surface area contributed by atoms with Crippen molar-refractivity contribution < 1.29 is 22.0 Å². The van der Waals surface area contributed by atoms with Crippen molar-refractivity contribution >= 4 is 49.2 Å². The Labute approximate surface area is 195 Å². The lowest BCUT2D eigenvalue weighted by molar-refractivity contribution is -0.114. The molecule has 1 heterocycles. The zero-order valence-corrected chi connectivity index (χ0v) is 18.6. The van der Waals surface area contributed by atoms with Crippen molar-refractivity contribution in [1.29, 1.82) is 0 Å². The Kier molecular flexibility index (Phi) is 5.51. The van der Waals surface area contributed by atoms with Crippen LogP contribution in [0.5, 0.6) is 0 Å². The van der Waals surface area contributed by atoms with E-state index in [-0.39, 0.29) is 10.6 Å². The first-order valence-electron chi connectivity index (χ1n) is 10.5. The highest BCUT2D eigenvalue weighted by atomic mass is 32.2. The van der Waals surface area contributed by atoms with Crippen molar-refractivity contribution in [2.24, 2.45) is 0 Å². The highest BCUT2D eigenvalue weighted by Gasteiger charge is 2.27. The number of halogens is 1. The van der Waals surface area contributed by atoms with Gasteiger partial charge in [0.15, 0.2) is 0 Å². The van der Waals surface area contributed by atoms with Crippen LogP contribution < -0.4 is 9.62 Å². The number of anilines is 2. The maximum Gasteiger partial charge on any atom is 0.264 e. The van der Waals surface area contributed by atoms with Gasteiger partial charge in [0.2, 0.25) is 5.91 Å². The first-order valence-corrected chi connectivity index (χ1v) is 11.9. The quantitative estimate of drug-likeness (QED) is 0.350. The van der Waals surface area contributed by atoms with E-state index < -0.39 is 28.3 Å². The van der Waals surface area contributed by atoms with Crippen molar-refractivity contribution in [2.45, 2.75) is 4.90 Å². The molecule has 0 atom stereocenters. The third-order valence-corrected chi connectivity index (χ3v) is 7.18. The summed E-state index contributed by atoms with van der Waals surface area (Å²) in [6, 6.07) is 25.6. The highest BCUT2D eigenvalue weighted by molar-refractivity contribution is 7.92. The number of sulfonamides is 1. The highest BCUT2D eigenvalue weighted by Crippen LogP contribution is 2.30. The summed E-state index contributed by atoms with van der Waals surface area (Å²) in [7, 11) is -4.07. The molecular weight excluding hydrogens is 455 g/mol. The van der Waals surface area contributed by atoms with Crippen molar-refractivity contribution in [3.05, 3.63) is 103 Å². The molecule has 5 rings (SSSR count). The molecule has 8 heteroatoms. The Balaban J connectivity index is 1.44. The first kappa shape index (κ1) is 21.7. The van der Waals surface area contributed by atoms with E-state index >= 15 is 0 Å². The van der Waals surface area contributed by atoms with Gasteiger partial charge in [0, 0.05) is 22.5 Å². The molecule has 0 fully saturated rings. The minimum atomic E-state index is -4.07. The van der Waals surface area contributed by atoms with Gasteiger partial charge in [-0.1, -0.05) is 36.4 Å². The molecule has 0 radical (unpaired) electrons. The Morgan fingerprint density at radius 1 is 0.824 bits per heavy atom. The van der Waals surface area contributed by atoms with Gasteiger partial charge in [0.25, 0.3) is 10.0 Å². The lowest BCUT2D eigenvalue weighted by Crippen LogP contribution is -2.38. The van der Waals surface area contributed by atoms with E-state index in [9.17, 15) is 17.6 Å². The first-order chi connectivity index (χ1) is 16.4. The smallest absolute Gasteiger partial charge is 0.264 e. The Morgan fingerprint density at radius 3 is 2.26 bits per heavy atom. The largest absolute Gasteiger partial charge is 0.456 e. The summed E-state index contributed by atoms with van der Waals surface area (Å²) in [5.74, 6) is -1.07. The molecule has 0 saturated heterocycles. The van der Waals surface area contributed by atoms with E-state index in [1.54, 1.807) is 30.3 Å². The molecule has 4 aromatic carbocycles. The second kappa shape index (κ2) is 8.64. The zero-order valence-electron chi connectivity index (χ0n) is 17.8. The van der Waals surface area contributed by atoms with Gasteiger partial charge in [-0.05, 0) is 54.6 Å². The number of fused-ring (bicyclic) bond motifs is 3. The molecular formula is C26H19FN2O4S. The lowest BCUT2D eigenvalue weighted by Gasteiger charge is -2.24. The number of carbonyl (C=O) groups excluding carboxylic acids is 1. The molecule has 34 heavy (non-hydrogen) atoms. The average molecular weight is 475 g/mol. The van der Waals surface area contributed by atoms with E-state index in [0.717, 1.165) is 32.8 Å². The fraction of sp³-hybridized carbons (Fsp3) is 0.0385. The van der Waals surface area contributed by atoms with Gasteiger partial charge in [-0.15, -0.1) is 0 Å². The van der Waals surface area contributed by atoms with E-state index in [1.807, 2.05) is 30.3 Å². The Bertz CT molecular complexity index is 1600. The fourth-order valence-electron chi connectivity index (χ4n) is 3.78. The third kappa shape index (κ3) is 4.11. The van der Waals surface area contributed by atoms with Crippen molar-refractivity contribution in [3.63, 3.8) is 0 Å². The molecule has 0 bridgehead atoms. The Morgan fingerprint density at radius 2 is 1.50 bits per heavy atom. The minimum Gasteiger partial charge on any atom is -0.456 e. The van der Waals surface area contributed by atoms with Crippen LogP contribution in [0.3, 0.4) is 0 Å². The molecule has 6 nitrogen and oxygen atoms in total. The van der Waals surface area contributed by atoms with Crippen molar-refractivity contribution in [3.8, 4) is 0 Å². The lowest BCUT2D eigenvalue weighted by atomic mass is 10.1. The monoisotopic (exact) mass is 474 g/mol. The molecule has 5 aromatic rings. The van der Waals surface area contributed by atoms with Crippen LogP contribution in [-0.4, -0.2) is 20.9 Å². The van der Waals surface area contributed by atoms with Gasteiger partial charge in [0.1, 0.15) is 23.5 Å². The van der Waals surface area contributed by atoms with Crippen LogP contribution >= 0.6 is 0 Å².